The van der Waals surface area contributed by atoms with Gasteiger partial charge in [0.25, 0.3) is 10.0 Å². The number of carbonyl (C=O) groups is 1. The molecule has 0 bridgehead atoms. The second-order valence-corrected chi connectivity index (χ2v) is 8.63. The molecule has 26 heavy (non-hydrogen) atoms. The summed E-state index contributed by atoms with van der Waals surface area (Å²) in [4.78, 5) is 19.8. The van der Waals surface area contributed by atoms with Gasteiger partial charge in [-0.1, -0.05) is 44.7 Å². The van der Waals surface area contributed by atoms with Gasteiger partial charge >= 0.3 is 0 Å². The van der Waals surface area contributed by atoms with E-state index >= 15 is 0 Å². The fourth-order valence-corrected chi connectivity index (χ4v) is 4.77. The molecule has 7 heteroatoms. The van der Waals surface area contributed by atoms with Crippen molar-refractivity contribution in [2.45, 2.75) is 62.8 Å². The molecule has 1 amide bonds. The zero-order valence-corrected chi connectivity index (χ0v) is 16.1. The number of unbranched alkanes of at least 4 members (excludes halogenated alkanes) is 1. The molecule has 0 aromatic heterocycles. The second kappa shape index (κ2) is 8.20. The molecule has 0 saturated carbocycles. The maximum atomic E-state index is 13.1. The van der Waals surface area contributed by atoms with Gasteiger partial charge in [-0.2, -0.15) is 0 Å². The number of sulfonamides is 1. The van der Waals surface area contributed by atoms with Crippen LogP contribution in [0.5, 0.6) is 0 Å². The highest BCUT2D eigenvalue weighted by Gasteiger charge is 2.32. The van der Waals surface area contributed by atoms with Crippen LogP contribution in [-0.4, -0.2) is 44.2 Å². The number of likely N-dealkylation sites (tertiary alicyclic amines) is 1. The molecular formula is C19H27N3O3S. The SMILES string of the molecule is CCCCC(N=C1NS(=O)(=O)c2ccccc21)C(=O)N1CCCCCC1. The van der Waals surface area contributed by atoms with Crippen LogP contribution in [0.2, 0.25) is 0 Å². The first-order chi connectivity index (χ1) is 12.5. The molecule has 6 nitrogen and oxygen atoms in total. The molecule has 1 fully saturated rings. The standard InChI is InChI=1S/C19H27N3O3S/c1-2-3-11-16(19(23)22-13-8-4-5-9-14-22)20-18-15-10-6-7-12-17(15)26(24,25)21-18/h6-7,10,12,16H,2-5,8-9,11,13-14H2,1H3,(H,20,21). The van der Waals surface area contributed by atoms with Crippen molar-refractivity contribution < 1.29 is 13.2 Å². The van der Waals surface area contributed by atoms with E-state index in [-0.39, 0.29) is 10.8 Å². The minimum Gasteiger partial charge on any atom is -0.341 e. The number of carbonyl (C=O) groups excluding carboxylic acids is 1. The van der Waals surface area contributed by atoms with E-state index in [1.165, 1.54) is 0 Å². The van der Waals surface area contributed by atoms with Crippen LogP contribution in [0, 0.1) is 0 Å². The summed E-state index contributed by atoms with van der Waals surface area (Å²) in [6.07, 6.45) is 6.86. The molecule has 1 aromatic carbocycles. The van der Waals surface area contributed by atoms with Crippen molar-refractivity contribution in [1.29, 1.82) is 0 Å². The lowest BCUT2D eigenvalue weighted by Gasteiger charge is -2.24. The van der Waals surface area contributed by atoms with Gasteiger partial charge in [0.05, 0.1) is 4.90 Å². The molecule has 2 aliphatic heterocycles. The number of hydrogen-bond acceptors (Lipinski definition) is 4. The van der Waals surface area contributed by atoms with Gasteiger partial charge in [-0.15, -0.1) is 0 Å². The van der Waals surface area contributed by atoms with E-state index in [4.69, 9.17) is 0 Å². The van der Waals surface area contributed by atoms with Crippen LogP contribution >= 0.6 is 0 Å². The third kappa shape index (κ3) is 4.09. The molecular weight excluding hydrogens is 350 g/mol. The number of nitrogens with one attached hydrogen (secondary N) is 1. The maximum Gasteiger partial charge on any atom is 0.263 e. The van der Waals surface area contributed by atoms with Crippen molar-refractivity contribution in [3.05, 3.63) is 29.8 Å². The fourth-order valence-electron chi connectivity index (χ4n) is 3.53. The zero-order chi connectivity index (χ0) is 18.6. The van der Waals surface area contributed by atoms with Crippen molar-refractivity contribution in [2.75, 3.05) is 13.1 Å². The van der Waals surface area contributed by atoms with Crippen LogP contribution in [0.25, 0.3) is 0 Å². The number of amides is 1. The van der Waals surface area contributed by atoms with E-state index in [0.717, 1.165) is 51.6 Å². The third-order valence-electron chi connectivity index (χ3n) is 4.98. The lowest BCUT2D eigenvalue weighted by atomic mass is 10.1. The van der Waals surface area contributed by atoms with E-state index < -0.39 is 16.1 Å². The van der Waals surface area contributed by atoms with Gasteiger partial charge < -0.3 is 4.90 Å². The van der Waals surface area contributed by atoms with Crippen molar-refractivity contribution in [2.24, 2.45) is 4.99 Å². The summed E-state index contributed by atoms with van der Waals surface area (Å²) in [6.45, 7) is 3.62. The number of rotatable bonds is 5. The Morgan fingerprint density at radius 2 is 1.88 bits per heavy atom. The number of benzene rings is 1. The highest BCUT2D eigenvalue weighted by molar-refractivity contribution is 7.90. The van der Waals surface area contributed by atoms with Crippen molar-refractivity contribution in [1.82, 2.24) is 9.62 Å². The van der Waals surface area contributed by atoms with Gasteiger partial charge in [0.2, 0.25) is 5.91 Å². The topological polar surface area (TPSA) is 78.8 Å². The Morgan fingerprint density at radius 1 is 1.19 bits per heavy atom. The van der Waals surface area contributed by atoms with Gasteiger partial charge in [0.1, 0.15) is 11.9 Å². The zero-order valence-electron chi connectivity index (χ0n) is 15.3. The number of hydrogen-bond donors (Lipinski definition) is 1. The van der Waals surface area contributed by atoms with Crippen LogP contribution < -0.4 is 4.72 Å². The Bertz CT molecular complexity index is 781. The smallest absolute Gasteiger partial charge is 0.263 e. The Labute approximate surface area is 155 Å². The number of fused-ring (bicyclic) bond motifs is 1. The van der Waals surface area contributed by atoms with Gasteiger partial charge in [-0.3, -0.25) is 14.5 Å². The molecule has 1 aromatic rings. The summed E-state index contributed by atoms with van der Waals surface area (Å²) in [5.74, 6) is 0.321. The Kier molecular flexibility index (Phi) is 5.96. The van der Waals surface area contributed by atoms with Crippen LogP contribution in [0.4, 0.5) is 0 Å². The summed E-state index contributed by atoms with van der Waals surface area (Å²) in [7, 11) is -3.58. The Hall–Kier alpha value is -1.89. The molecule has 2 aliphatic rings. The molecule has 0 aliphatic carbocycles. The lowest BCUT2D eigenvalue weighted by Crippen LogP contribution is -2.40. The second-order valence-electron chi connectivity index (χ2n) is 6.98. The average molecular weight is 378 g/mol. The lowest BCUT2D eigenvalue weighted by molar-refractivity contribution is -0.132. The summed E-state index contributed by atoms with van der Waals surface area (Å²) in [5.41, 5.74) is 0.553. The van der Waals surface area contributed by atoms with Gasteiger partial charge in [-0.25, -0.2) is 8.42 Å². The summed E-state index contributed by atoms with van der Waals surface area (Å²) >= 11 is 0. The van der Waals surface area contributed by atoms with Crippen LogP contribution in [-0.2, 0) is 14.8 Å². The Morgan fingerprint density at radius 3 is 2.58 bits per heavy atom. The fraction of sp³-hybridized carbons (Fsp3) is 0.579. The molecule has 3 rings (SSSR count). The highest BCUT2D eigenvalue weighted by Crippen LogP contribution is 2.24. The summed E-state index contributed by atoms with van der Waals surface area (Å²) < 4.78 is 27.1. The van der Waals surface area contributed by atoms with E-state index in [1.54, 1.807) is 24.3 Å². The van der Waals surface area contributed by atoms with Crippen LogP contribution in [0.15, 0.2) is 34.2 Å². The van der Waals surface area contributed by atoms with Crippen molar-refractivity contribution in [3.8, 4) is 0 Å². The monoisotopic (exact) mass is 377 g/mol. The van der Waals surface area contributed by atoms with Gasteiger partial charge in [-0.05, 0) is 31.4 Å². The van der Waals surface area contributed by atoms with Crippen molar-refractivity contribution in [3.63, 3.8) is 0 Å². The first-order valence-electron chi connectivity index (χ1n) is 9.51. The molecule has 1 atom stereocenters. The molecule has 142 valence electrons. The van der Waals surface area contributed by atoms with Crippen LogP contribution in [0.1, 0.15) is 57.4 Å². The van der Waals surface area contributed by atoms with Gasteiger partial charge in [0, 0.05) is 18.7 Å². The minimum absolute atomic E-state index is 0.0245. The van der Waals surface area contributed by atoms with Gasteiger partial charge in [0.15, 0.2) is 0 Å². The molecule has 2 heterocycles. The number of amidine groups is 1. The van der Waals surface area contributed by atoms with Crippen LogP contribution in [0.3, 0.4) is 0 Å². The molecule has 0 spiro atoms. The molecule has 0 radical (unpaired) electrons. The summed E-state index contributed by atoms with van der Waals surface area (Å²) in [6, 6.07) is 6.25. The normalized spacial score (nSPS) is 21.7. The minimum atomic E-state index is -3.58. The highest BCUT2D eigenvalue weighted by atomic mass is 32.2. The van der Waals surface area contributed by atoms with E-state index in [9.17, 15) is 13.2 Å². The average Bonchev–Trinajstić information content (AvgIpc) is 2.82. The molecule has 1 unspecified atom stereocenters. The summed E-state index contributed by atoms with van der Waals surface area (Å²) in [5, 5.41) is 0. The van der Waals surface area contributed by atoms with E-state index in [1.807, 2.05) is 4.90 Å². The van der Waals surface area contributed by atoms with Crippen molar-refractivity contribution >= 4 is 21.8 Å². The quantitative estimate of drug-likeness (QED) is 0.857. The number of aliphatic imine (C=N–C) groups is 1. The first kappa shape index (κ1) is 18.9. The third-order valence-corrected chi connectivity index (χ3v) is 6.38. The molecule has 1 saturated heterocycles. The predicted molar refractivity (Wildman–Crippen MR) is 102 cm³/mol. The largest absolute Gasteiger partial charge is 0.341 e. The predicted octanol–water partition coefficient (Wildman–Crippen LogP) is 2.69. The Balaban J connectivity index is 1.89. The van der Waals surface area contributed by atoms with E-state index in [0.29, 0.717) is 17.8 Å². The molecule has 1 N–H and O–H groups in total. The van der Waals surface area contributed by atoms with E-state index in [2.05, 4.69) is 16.6 Å². The number of nitrogens with zero attached hydrogens (tertiary/aromatic N) is 2. The maximum absolute atomic E-state index is 13.1. The first-order valence-corrected chi connectivity index (χ1v) is 11.0.